The highest BCUT2D eigenvalue weighted by Crippen LogP contribution is 2.33. The van der Waals surface area contributed by atoms with Gasteiger partial charge in [-0.2, -0.15) is 5.26 Å². The monoisotopic (exact) mass is 449 g/mol. The van der Waals surface area contributed by atoms with E-state index in [2.05, 4.69) is 0 Å². The number of ether oxygens (including phenoxy) is 1. The van der Waals surface area contributed by atoms with E-state index < -0.39 is 22.7 Å². The number of carbonyl (C=O) groups is 3. The van der Waals surface area contributed by atoms with Gasteiger partial charge in [-0.15, -0.1) is 0 Å². The van der Waals surface area contributed by atoms with Crippen LogP contribution in [0.1, 0.15) is 26.0 Å². The van der Waals surface area contributed by atoms with E-state index in [0.29, 0.717) is 0 Å². The zero-order valence-corrected chi connectivity index (χ0v) is 17.9. The second-order valence-electron chi connectivity index (χ2n) is 7.10. The van der Waals surface area contributed by atoms with Crippen LogP contribution in [0.15, 0.2) is 57.5 Å². The van der Waals surface area contributed by atoms with Gasteiger partial charge in [0.2, 0.25) is 0 Å². The van der Waals surface area contributed by atoms with E-state index in [1.807, 2.05) is 6.07 Å². The van der Waals surface area contributed by atoms with Gasteiger partial charge in [-0.1, -0.05) is 12.1 Å². The molecule has 2 aromatic rings. The van der Waals surface area contributed by atoms with Crippen molar-refractivity contribution in [2.24, 2.45) is 0 Å². The molecule has 1 aliphatic heterocycles. The summed E-state index contributed by atoms with van der Waals surface area (Å²) in [5, 5.41) is 20.7. The Morgan fingerprint density at radius 3 is 2.64 bits per heavy atom. The third-order valence-electron chi connectivity index (χ3n) is 4.94. The van der Waals surface area contributed by atoms with Crippen molar-refractivity contribution in [2.75, 3.05) is 13.2 Å². The number of carbonyl (C=O) groups excluding carboxylic acids is 3. The Morgan fingerprint density at radius 2 is 1.97 bits per heavy atom. The summed E-state index contributed by atoms with van der Waals surface area (Å²) >= 11 is 0. The zero-order valence-electron chi connectivity index (χ0n) is 17.9. The van der Waals surface area contributed by atoms with Crippen LogP contribution in [0.4, 0.5) is 5.69 Å². The van der Waals surface area contributed by atoms with E-state index in [1.165, 1.54) is 38.1 Å². The number of esters is 1. The minimum absolute atomic E-state index is 0.0213. The molecular formula is C23H19N3O7. The first-order chi connectivity index (χ1) is 15.7. The van der Waals surface area contributed by atoms with E-state index in [0.717, 1.165) is 4.90 Å². The Bertz CT molecular complexity index is 1250. The topological polar surface area (TPSA) is 144 Å². The number of nitrogens with zero attached hydrogens (tertiary/aromatic N) is 3. The summed E-state index contributed by atoms with van der Waals surface area (Å²) in [6.07, 6.45) is 1.60. The summed E-state index contributed by atoms with van der Waals surface area (Å²) in [5.41, 5.74) is 0.245. The number of hydrogen-bond donors (Lipinski definition) is 0. The lowest BCUT2D eigenvalue weighted by Gasteiger charge is -2.27. The van der Waals surface area contributed by atoms with Crippen molar-refractivity contribution in [2.45, 2.75) is 20.3 Å². The fourth-order valence-corrected chi connectivity index (χ4v) is 3.33. The van der Waals surface area contributed by atoms with Crippen LogP contribution in [-0.2, 0) is 19.1 Å². The fourth-order valence-electron chi connectivity index (χ4n) is 3.33. The number of imide groups is 1. The van der Waals surface area contributed by atoms with Crippen LogP contribution in [0.25, 0.3) is 17.4 Å². The second-order valence-corrected chi connectivity index (χ2v) is 7.10. The SMILES string of the molecule is CC(=O)OCCCN1C(=O)C(C#N)=C(C)/C(=C/c2ccc(-c3ccccc3[N+](=O)[O-])o2)C1=O. The van der Waals surface area contributed by atoms with Crippen LogP contribution in [0, 0.1) is 21.4 Å². The first-order valence-corrected chi connectivity index (χ1v) is 9.90. The van der Waals surface area contributed by atoms with Crippen LogP contribution in [-0.4, -0.2) is 40.8 Å². The molecule has 0 atom stereocenters. The maximum Gasteiger partial charge on any atom is 0.302 e. The van der Waals surface area contributed by atoms with Gasteiger partial charge < -0.3 is 9.15 Å². The van der Waals surface area contributed by atoms with Gasteiger partial charge in [-0.3, -0.25) is 29.4 Å². The van der Waals surface area contributed by atoms with Crippen molar-refractivity contribution in [1.82, 2.24) is 4.90 Å². The molecule has 1 aromatic heterocycles. The zero-order chi connectivity index (χ0) is 24.1. The van der Waals surface area contributed by atoms with Gasteiger partial charge in [-0.05, 0) is 43.2 Å². The predicted octanol–water partition coefficient (Wildman–Crippen LogP) is 3.40. The highest BCUT2D eigenvalue weighted by atomic mass is 16.6. The molecule has 0 N–H and O–H groups in total. The molecular weight excluding hydrogens is 430 g/mol. The Morgan fingerprint density at radius 1 is 1.24 bits per heavy atom. The number of hydrogen-bond acceptors (Lipinski definition) is 8. The molecule has 1 aromatic carbocycles. The van der Waals surface area contributed by atoms with Gasteiger partial charge in [0.1, 0.15) is 23.2 Å². The summed E-state index contributed by atoms with van der Waals surface area (Å²) in [4.78, 5) is 48.2. The van der Waals surface area contributed by atoms with Gasteiger partial charge in [-0.25, -0.2) is 0 Å². The van der Waals surface area contributed by atoms with Gasteiger partial charge in [0.15, 0.2) is 0 Å². The quantitative estimate of drug-likeness (QED) is 0.156. The number of rotatable bonds is 7. The van der Waals surface area contributed by atoms with E-state index in [-0.39, 0.29) is 59.1 Å². The van der Waals surface area contributed by atoms with Gasteiger partial charge in [0, 0.05) is 25.1 Å². The van der Waals surface area contributed by atoms with Crippen LogP contribution < -0.4 is 0 Å². The molecule has 0 saturated carbocycles. The number of para-hydroxylation sites is 1. The third-order valence-corrected chi connectivity index (χ3v) is 4.94. The first-order valence-electron chi connectivity index (χ1n) is 9.90. The summed E-state index contributed by atoms with van der Waals surface area (Å²) in [5.74, 6) is -1.37. The van der Waals surface area contributed by atoms with Crippen molar-refractivity contribution < 1.29 is 28.5 Å². The van der Waals surface area contributed by atoms with Crippen LogP contribution >= 0.6 is 0 Å². The lowest BCUT2D eigenvalue weighted by atomic mass is 9.94. The van der Waals surface area contributed by atoms with E-state index in [9.17, 15) is 29.8 Å². The molecule has 0 fully saturated rings. The van der Waals surface area contributed by atoms with Gasteiger partial charge in [0.05, 0.1) is 17.1 Å². The Kier molecular flexibility index (Phi) is 6.83. The molecule has 0 radical (unpaired) electrons. The van der Waals surface area contributed by atoms with Crippen LogP contribution in [0.3, 0.4) is 0 Å². The number of amides is 2. The highest BCUT2D eigenvalue weighted by Gasteiger charge is 2.35. The maximum absolute atomic E-state index is 13.0. The van der Waals surface area contributed by atoms with Crippen molar-refractivity contribution >= 4 is 29.5 Å². The van der Waals surface area contributed by atoms with Crippen LogP contribution in [0.5, 0.6) is 0 Å². The molecule has 2 heterocycles. The number of furan rings is 1. The summed E-state index contributed by atoms with van der Waals surface area (Å²) in [6, 6.07) is 11.0. The van der Waals surface area contributed by atoms with Crippen molar-refractivity contribution in [1.29, 1.82) is 5.26 Å². The normalized spacial score (nSPS) is 15.1. The van der Waals surface area contributed by atoms with Crippen molar-refractivity contribution in [3.05, 3.63) is 69.0 Å². The molecule has 3 rings (SSSR count). The Balaban J connectivity index is 1.94. The lowest BCUT2D eigenvalue weighted by Crippen LogP contribution is -2.43. The summed E-state index contributed by atoms with van der Waals surface area (Å²) in [7, 11) is 0. The molecule has 10 heteroatoms. The average Bonchev–Trinajstić information content (AvgIpc) is 3.25. The minimum Gasteiger partial charge on any atom is -0.466 e. The number of benzene rings is 1. The predicted molar refractivity (Wildman–Crippen MR) is 115 cm³/mol. The second kappa shape index (κ2) is 9.74. The number of nitro groups is 1. The van der Waals surface area contributed by atoms with E-state index in [4.69, 9.17) is 9.15 Å². The molecule has 0 saturated heterocycles. The van der Waals surface area contributed by atoms with E-state index in [1.54, 1.807) is 18.2 Å². The highest BCUT2D eigenvalue weighted by molar-refractivity contribution is 6.19. The average molecular weight is 449 g/mol. The molecule has 33 heavy (non-hydrogen) atoms. The largest absolute Gasteiger partial charge is 0.466 e. The van der Waals surface area contributed by atoms with E-state index >= 15 is 0 Å². The molecule has 0 bridgehead atoms. The molecule has 1 aliphatic rings. The number of nitriles is 1. The smallest absolute Gasteiger partial charge is 0.302 e. The van der Waals surface area contributed by atoms with Crippen molar-refractivity contribution in [3.8, 4) is 17.4 Å². The molecule has 0 aliphatic carbocycles. The Hall–Kier alpha value is -4.52. The molecule has 0 unspecified atom stereocenters. The minimum atomic E-state index is -0.722. The Labute approximate surface area is 188 Å². The number of nitro benzene ring substituents is 1. The summed E-state index contributed by atoms with van der Waals surface area (Å²) in [6.45, 7) is 2.72. The third kappa shape index (κ3) is 4.88. The molecule has 10 nitrogen and oxygen atoms in total. The van der Waals surface area contributed by atoms with Gasteiger partial charge >= 0.3 is 5.97 Å². The lowest BCUT2D eigenvalue weighted by molar-refractivity contribution is -0.384. The standard InChI is InChI=1S/C23H19N3O7/c1-14-18(22(28)25(23(29)19(14)13-24)10-5-11-32-15(2)27)12-16-8-9-21(33-16)17-6-3-4-7-20(17)26(30)31/h3-4,6-9,12H,5,10-11H2,1-2H3/b18-12-. The van der Waals surface area contributed by atoms with Crippen molar-refractivity contribution in [3.63, 3.8) is 0 Å². The molecule has 0 spiro atoms. The first kappa shape index (κ1) is 23.1. The maximum atomic E-state index is 13.0. The fraction of sp³-hybridized carbons (Fsp3) is 0.217. The van der Waals surface area contributed by atoms with Gasteiger partial charge in [0.25, 0.3) is 17.5 Å². The van der Waals surface area contributed by atoms with Crippen LogP contribution in [0.2, 0.25) is 0 Å². The summed E-state index contributed by atoms with van der Waals surface area (Å²) < 4.78 is 10.5. The molecule has 168 valence electrons. The molecule has 2 amide bonds.